The number of amides is 1. The zero-order valence-corrected chi connectivity index (χ0v) is 32.6. The van der Waals surface area contributed by atoms with Gasteiger partial charge in [0.1, 0.15) is 0 Å². The largest absolute Gasteiger partial charge is 0.466 e. The van der Waals surface area contributed by atoms with Crippen LogP contribution < -0.4 is 5.32 Å². The van der Waals surface area contributed by atoms with E-state index in [1.807, 2.05) is 12.2 Å². The lowest BCUT2D eigenvalue weighted by atomic mass is 10.1. The smallest absolute Gasteiger partial charge is 0.305 e. The molecule has 6 nitrogen and oxygen atoms in total. The van der Waals surface area contributed by atoms with E-state index in [0.29, 0.717) is 25.9 Å². The Hall–Kier alpha value is -2.18. The number of carbonyl (C=O) groups excluding carboxylic acids is 2. The van der Waals surface area contributed by atoms with Crippen molar-refractivity contribution in [1.82, 2.24) is 5.32 Å². The number of allylic oxidation sites excluding steroid dienone is 7. The number of hydrogen-bond acceptors (Lipinski definition) is 5. The monoisotopic (exact) mass is 702 g/mol. The zero-order chi connectivity index (χ0) is 36.6. The van der Waals surface area contributed by atoms with Crippen molar-refractivity contribution in [3.63, 3.8) is 0 Å². The highest BCUT2D eigenvalue weighted by Gasteiger charge is 2.17. The third-order valence-electron chi connectivity index (χ3n) is 9.08. The fourth-order valence-electron chi connectivity index (χ4n) is 5.78. The maximum Gasteiger partial charge on any atom is 0.305 e. The second-order valence-electron chi connectivity index (χ2n) is 14.0. The van der Waals surface area contributed by atoms with Gasteiger partial charge in [-0.25, -0.2) is 0 Å². The first-order chi connectivity index (χ1) is 24.5. The molecular formula is C44H79NO5. The molecule has 0 aliphatic rings. The predicted octanol–water partition coefficient (Wildman–Crippen LogP) is 11.6. The summed E-state index contributed by atoms with van der Waals surface area (Å²) in [4.78, 5) is 24.2. The van der Waals surface area contributed by atoms with Crippen molar-refractivity contribution in [2.45, 2.75) is 206 Å². The number of unbranched alkanes of at least 4 members (excludes halogenated alkanes) is 20. The SMILES string of the molecule is CCCC/C=C\CCCCCCCC(=O)OCCCCCCCC/C=C\C/C=C\CCC(=O)NC(CO)C(O)/C=C/CCCCCCCCC. The van der Waals surface area contributed by atoms with Crippen LogP contribution in [0.25, 0.3) is 0 Å². The van der Waals surface area contributed by atoms with Crippen LogP contribution in [0.2, 0.25) is 0 Å². The van der Waals surface area contributed by atoms with Crippen molar-refractivity contribution in [3.05, 3.63) is 48.6 Å². The summed E-state index contributed by atoms with van der Waals surface area (Å²) in [5.74, 6) is -0.186. The second-order valence-corrected chi connectivity index (χ2v) is 14.0. The van der Waals surface area contributed by atoms with Crippen LogP contribution in [-0.2, 0) is 14.3 Å². The topological polar surface area (TPSA) is 95.9 Å². The van der Waals surface area contributed by atoms with Crippen molar-refractivity contribution in [3.8, 4) is 0 Å². The summed E-state index contributed by atoms with van der Waals surface area (Å²) in [6, 6.07) is -0.670. The van der Waals surface area contributed by atoms with Crippen molar-refractivity contribution in [2.24, 2.45) is 0 Å². The van der Waals surface area contributed by atoms with Crippen molar-refractivity contribution in [1.29, 1.82) is 0 Å². The molecule has 1 amide bonds. The van der Waals surface area contributed by atoms with Crippen LogP contribution in [-0.4, -0.2) is 47.4 Å². The number of carbonyl (C=O) groups is 2. The standard InChI is InChI=1S/C44H79NO5/c1-3-5-7-9-11-13-17-22-26-30-34-38-44(49)50-39-35-31-27-23-19-16-14-15-18-21-25-29-33-37-43(48)45-41(40-46)42(47)36-32-28-24-20-12-10-8-6-4-2/h9,11,15,18,25,29,32,36,41-42,46-47H,3-8,10,12-14,16-17,19-24,26-28,30-31,33-35,37-40H2,1-2H3,(H,45,48)/b11-9-,18-15-,29-25-,36-32+. The average Bonchev–Trinajstić information content (AvgIpc) is 3.11. The maximum absolute atomic E-state index is 12.3. The van der Waals surface area contributed by atoms with E-state index in [2.05, 4.69) is 49.5 Å². The van der Waals surface area contributed by atoms with E-state index in [9.17, 15) is 19.8 Å². The minimum absolute atomic E-state index is 0.0317. The molecule has 0 saturated heterocycles. The van der Waals surface area contributed by atoms with Gasteiger partial charge in [0, 0.05) is 12.8 Å². The Morgan fingerprint density at radius 2 is 1.04 bits per heavy atom. The summed E-state index contributed by atoms with van der Waals surface area (Å²) in [6.45, 7) is 4.73. The maximum atomic E-state index is 12.3. The lowest BCUT2D eigenvalue weighted by Gasteiger charge is -2.19. The fourth-order valence-corrected chi connectivity index (χ4v) is 5.78. The molecule has 0 aromatic carbocycles. The summed E-state index contributed by atoms with van der Waals surface area (Å²) in [5.41, 5.74) is 0. The molecule has 0 saturated carbocycles. The minimum Gasteiger partial charge on any atom is -0.466 e. The van der Waals surface area contributed by atoms with E-state index in [4.69, 9.17) is 4.74 Å². The molecule has 0 aromatic rings. The van der Waals surface area contributed by atoms with Gasteiger partial charge in [-0.3, -0.25) is 9.59 Å². The molecule has 0 radical (unpaired) electrons. The zero-order valence-electron chi connectivity index (χ0n) is 32.6. The van der Waals surface area contributed by atoms with Crippen LogP contribution in [0.3, 0.4) is 0 Å². The van der Waals surface area contributed by atoms with Gasteiger partial charge in [0.2, 0.25) is 5.91 Å². The van der Waals surface area contributed by atoms with Gasteiger partial charge in [0.05, 0.1) is 25.4 Å². The van der Waals surface area contributed by atoms with Gasteiger partial charge in [-0.2, -0.15) is 0 Å². The van der Waals surface area contributed by atoms with Crippen LogP contribution >= 0.6 is 0 Å². The van der Waals surface area contributed by atoms with Crippen LogP contribution in [0, 0.1) is 0 Å². The molecule has 0 rings (SSSR count). The molecule has 0 bridgehead atoms. The number of aliphatic hydroxyl groups excluding tert-OH is 2. The molecule has 0 spiro atoms. The lowest BCUT2D eigenvalue weighted by Crippen LogP contribution is -2.45. The third kappa shape index (κ3) is 35.6. The molecule has 6 heteroatoms. The highest BCUT2D eigenvalue weighted by molar-refractivity contribution is 5.76. The number of aliphatic hydroxyl groups is 2. The van der Waals surface area contributed by atoms with E-state index in [0.717, 1.165) is 51.4 Å². The van der Waals surface area contributed by atoms with Crippen molar-refractivity contribution >= 4 is 11.9 Å². The van der Waals surface area contributed by atoms with Crippen LogP contribution in [0.15, 0.2) is 48.6 Å². The molecular weight excluding hydrogens is 622 g/mol. The second kappa shape index (κ2) is 39.6. The Kier molecular flexibility index (Phi) is 37.9. The van der Waals surface area contributed by atoms with Crippen molar-refractivity contribution < 1.29 is 24.5 Å². The summed E-state index contributed by atoms with van der Waals surface area (Å²) in [5, 5.41) is 22.7. The summed E-state index contributed by atoms with van der Waals surface area (Å²) < 4.78 is 5.41. The van der Waals surface area contributed by atoms with Gasteiger partial charge in [-0.15, -0.1) is 0 Å². The number of nitrogens with one attached hydrogen (secondary N) is 1. The lowest BCUT2D eigenvalue weighted by molar-refractivity contribution is -0.143. The summed E-state index contributed by atoms with van der Waals surface area (Å²) in [7, 11) is 0. The van der Waals surface area contributed by atoms with Gasteiger partial charge >= 0.3 is 5.97 Å². The molecule has 2 unspecified atom stereocenters. The van der Waals surface area contributed by atoms with E-state index in [1.54, 1.807) is 6.08 Å². The van der Waals surface area contributed by atoms with Gasteiger partial charge in [-0.05, 0) is 70.6 Å². The van der Waals surface area contributed by atoms with Gasteiger partial charge < -0.3 is 20.3 Å². The highest BCUT2D eigenvalue weighted by atomic mass is 16.5. The first-order valence-electron chi connectivity index (χ1n) is 20.9. The quantitative estimate of drug-likeness (QED) is 0.0340. The predicted molar refractivity (Wildman–Crippen MR) is 213 cm³/mol. The van der Waals surface area contributed by atoms with Crippen LogP contribution in [0.1, 0.15) is 194 Å². The molecule has 0 fully saturated rings. The fraction of sp³-hybridized carbons (Fsp3) is 0.773. The Morgan fingerprint density at radius 1 is 0.560 bits per heavy atom. The molecule has 0 aliphatic heterocycles. The number of ether oxygens (including phenoxy) is 1. The van der Waals surface area contributed by atoms with Gasteiger partial charge in [0.15, 0.2) is 0 Å². The number of hydrogen-bond donors (Lipinski definition) is 3. The number of rotatable bonds is 37. The molecule has 0 heterocycles. The van der Waals surface area contributed by atoms with Crippen molar-refractivity contribution in [2.75, 3.05) is 13.2 Å². The van der Waals surface area contributed by atoms with Gasteiger partial charge in [-0.1, -0.05) is 159 Å². The molecule has 290 valence electrons. The Labute approximate surface area is 308 Å². The van der Waals surface area contributed by atoms with Crippen LogP contribution in [0.4, 0.5) is 0 Å². The van der Waals surface area contributed by atoms with E-state index in [-0.39, 0.29) is 18.5 Å². The third-order valence-corrected chi connectivity index (χ3v) is 9.08. The van der Waals surface area contributed by atoms with Gasteiger partial charge in [0.25, 0.3) is 0 Å². The molecule has 0 aliphatic carbocycles. The molecule has 0 aromatic heterocycles. The molecule has 50 heavy (non-hydrogen) atoms. The Bertz CT molecular complexity index is 864. The normalized spacial score (nSPS) is 13.3. The van der Waals surface area contributed by atoms with E-state index < -0.39 is 12.1 Å². The molecule has 3 N–H and O–H groups in total. The average molecular weight is 702 g/mol. The first-order valence-corrected chi connectivity index (χ1v) is 20.9. The minimum atomic E-state index is -0.877. The molecule has 2 atom stereocenters. The summed E-state index contributed by atoms with van der Waals surface area (Å²) >= 11 is 0. The number of esters is 1. The Balaban J connectivity index is 3.62. The van der Waals surface area contributed by atoms with Crippen LogP contribution in [0.5, 0.6) is 0 Å². The first kappa shape index (κ1) is 47.8. The Morgan fingerprint density at radius 3 is 1.64 bits per heavy atom. The van der Waals surface area contributed by atoms with E-state index >= 15 is 0 Å². The van der Waals surface area contributed by atoms with E-state index in [1.165, 1.54) is 109 Å². The summed E-state index contributed by atoms with van der Waals surface area (Å²) in [6.07, 6.45) is 46.8. The highest BCUT2D eigenvalue weighted by Crippen LogP contribution is 2.12.